The molecule has 0 radical (unpaired) electrons. The molecule has 0 spiro atoms. The average molecular weight is 348 g/mol. The van der Waals surface area contributed by atoms with E-state index in [9.17, 15) is 4.79 Å². The van der Waals surface area contributed by atoms with Crippen LogP contribution in [0.5, 0.6) is 0 Å². The van der Waals surface area contributed by atoms with Crippen molar-refractivity contribution in [3.8, 4) is 0 Å². The van der Waals surface area contributed by atoms with E-state index in [4.69, 9.17) is 0 Å². The number of hydrogen-bond acceptors (Lipinski definition) is 3. The summed E-state index contributed by atoms with van der Waals surface area (Å²) in [5, 5.41) is 3.24. The molecule has 1 aromatic rings. The van der Waals surface area contributed by atoms with Crippen LogP contribution in [0.15, 0.2) is 30.3 Å². The number of benzene rings is 1. The second kappa shape index (κ2) is 8.77. The fourth-order valence-electron chi connectivity index (χ4n) is 3.50. The second-order valence-corrected chi connectivity index (χ2v) is 8.08. The highest BCUT2D eigenvalue weighted by atomic mass is 32.2. The monoisotopic (exact) mass is 347 g/mol. The number of nitrogens with one attached hydrogen (secondary N) is 1. The van der Waals surface area contributed by atoms with Gasteiger partial charge in [-0.05, 0) is 37.0 Å². The molecule has 0 aromatic heterocycles. The highest BCUT2D eigenvalue weighted by molar-refractivity contribution is 7.99. The van der Waals surface area contributed by atoms with E-state index >= 15 is 0 Å². The first-order chi connectivity index (χ1) is 11.7. The first-order valence-electron chi connectivity index (χ1n) is 9.10. The highest BCUT2D eigenvalue weighted by Crippen LogP contribution is 2.21. The van der Waals surface area contributed by atoms with Gasteiger partial charge in [0.25, 0.3) is 0 Å². The Labute approximate surface area is 150 Å². The van der Waals surface area contributed by atoms with E-state index in [1.165, 1.54) is 11.3 Å². The number of thioether (sulfide) groups is 1. The van der Waals surface area contributed by atoms with Crippen molar-refractivity contribution in [1.29, 1.82) is 0 Å². The molecule has 0 saturated carbocycles. The van der Waals surface area contributed by atoms with Gasteiger partial charge in [0, 0.05) is 44.5 Å². The van der Waals surface area contributed by atoms with Crippen LogP contribution in [-0.4, -0.2) is 66.1 Å². The van der Waals surface area contributed by atoms with Gasteiger partial charge in [0.1, 0.15) is 0 Å². The van der Waals surface area contributed by atoms with Crippen LogP contribution in [0.4, 0.5) is 4.79 Å². The molecule has 24 heavy (non-hydrogen) atoms. The topological polar surface area (TPSA) is 35.6 Å². The predicted molar refractivity (Wildman–Crippen MR) is 102 cm³/mol. The summed E-state index contributed by atoms with van der Waals surface area (Å²) >= 11 is 1.95. The first kappa shape index (κ1) is 17.6. The van der Waals surface area contributed by atoms with Crippen LogP contribution < -0.4 is 5.32 Å². The van der Waals surface area contributed by atoms with Gasteiger partial charge in [0.05, 0.1) is 0 Å². The number of piperidine rings is 1. The van der Waals surface area contributed by atoms with Gasteiger partial charge in [-0.15, -0.1) is 0 Å². The minimum Gasteiger partial charge on any atom is -0.335 e. The molecule has 1 aromatic carbocycles. The summed E-state index contributed by atoms with van der Waals surface area (Å²) in [7, 11) is 1.95. The van der Waals surface area contributed by atoms with Crippen LogP contribution >= 0.6 is 11.8 Å². The SMILES string of the molecule is CN(C(=O)NC1CCN(CCc2ccccc2)CC1)[C@H]1CCSC1. The lowest BCUT2D eigenvalue weighted by atomic mass is 10.0. The van der Waals surface area contributed by atoms with Crippen molar-refractivity contribution in [3.05, 3.63) is 35.9 Å². The quantitative estimate of drug-likeness (QED) is 0.890. The van der Waals surface area contributed by atoms with Gasteiger partial charge in [0.2, 0.25) is 0 Å². The molecule has 2 aliphatic rings. The lowest BCUT2D eigenvalue weighted by molar-refractivity contribution is 0.171. The van der Waals surface area contributed by atoms with Gasteiger partial charge in [-0.2, -0.15) is 11.8 Å². The maximum Gasteiger partial charge on any atom is 0.317 e. The molecule has 3 rings (SSSR count). The van der Waals surface area contributed by atoms with Gasteiger partial charge in [-0.1, -0.05) is 30.3 Å². The molecule has 5 heteroatoms. The Morgan fingerprint density at radius 1 is 1.25 bits per heavy atom. The molecule has 0 bridgehead atoms. The second-order valence-electron chi connectivity index (χ2n) is 6.93. The molecule has 0 unspecified atom stereocenters. The van der Waals surface area contributed by atoms with Crippen molar-refractivity contribution < 1.29 is 4.79 Å². The Balaban J connectivity index is 1.36. The van der Waals surface area contributed by atoms with Crippen LogP contribution in [-0.2, 0) is 6.42 Å². The Kier molecular flexibility index (Phi) is 6.44. The predicted octanol–water partition coefficient (Wildman–Crippen LogP) is 2.84. The van der Waals surface area contributed by atoms with Gasteiger partial charge in [0.15, 0.2) is 0 Å². The maximum atomic E-state index is 12.4. The Morgan fingerprint density at radius 2 is 2.00 bits per heavy atom. The number of hydrogen-bond donors (Lipinski definition) is 1. The number of rotatable bonds is 5. The van der Waals surface area contributed by atoms with E-state index in [0.29, 0.717) is 12.1 Å². The number of nitrogens with zero attached hydrogens (tertiary/aromatic N) is 2. The number of amides is 2. The summed E-state index contributed by atoms with van der Waals surface area (Å²) < 4.78 is 0. The summed E-state index contributed by atoms with van der Waals surface area (Å²) in [6, 6.07) is 11.5. The van der Waals surface area contributed by atoms with Crippen molar-refractivity contribution in [2.45, 2.75) is 37.8 Å². The average Bonchev–Trinajstić information content (AvgIpc) is 3.16. The number of carbonyl (C=O) groups excluding carboxylic acids is 1. The third-order valence-electron chi connectivity index (χ3n) is 5.25. The molecular formula is C19H29N3OS. The zero-order chi connectivity index (χ0) is 16.8. The van der Waals surface area contributed by atoms with Gasteiger partial charge >= 0.3 is 6.03 Å². The van der Waals surface area contributed by atoms with Crippen LogP contribution in [0.1, 0.15) is 24.8 Å². The fraction of sp³-hybridized carbons (Fsp3) is 0.632. The minimum atomic E-state index is 0.116. The van der Waals surface area contributed by atoms with Gasteiger partial charge in [-0.3, -0.25) is 0 Å². The van der Waals surface area contributed by atoms with Crippen molar-refractivity contribution in [1.82, 2.24) is 15.1 Å². The Morgan fingerprint density at radius 3 is 2.67 bits per heavy atom. The number of carbonyl (C=O) groups is 1. The third-order valence-corrected chi connectivity index (χ3v) is 6.39. The Hall–Kier alpha value is -1.20. The normalized spacial score (nSPS) is 22.5. The standard InChI is InChI=1S/C19H29N3OS/c1-21(18-10-14-24-15-18)19(23)20-17-8-12-22(13-9-17)11-7-16-5-3-2-4-6-16/h2-6,17-18H,7-15H2,1H3,(H,20,23)/t18-/m0/s1. The third kappa shape index (κ3) is 4.90. The molecule has 0 aliphatic carbocycles. The highest BCUT2D eigenvalue weighted by Gasteiger charge is 2.26. The molecule has 2 fully saturated rings. The van der Waals surface area contributed by atoms with Crippen LogP contribution in [0, 0.1) is 0 Å². The number of urea groups is 1. The lowest BCUT2D eigenvalue weighted by Crippen LogP contribution is -2.50. The van der Waals surface area contributed by atoms with E-state index in [1.54, 1.807) is 0 Å². The summed E-state index contributed by atoms with van der Waals surface area (Å²) in [5.41, 5.74) is 1.41. The molecule has 2 amide bonds. The summed E-state index contributed by atoms with van der Waals surface area (Å²) in [6.45, 7) is 3.28. The molecule has 2 saturated heterocycles. The van der Waals surface area contributed by atoms with E-state index in [0.717, 1.165) is 51.1 Å². The summed E-state index contributed by atoms with van der Waals surface area (Å²) in [4.78, 5) is 16.8. The molecule has 132 valence electrons. The van der Waals surface area contributed by atoms with Crippen LogP contribution in [0.3, 0.4) is 0 Å². The molecule has 2 aliphatic heterocycles. The lowest BCUT2D eigenvalue weighted by Gasteiger charge is -2.34. The largest absolute Gasteiger partial charge is 0.335 e. The van der Waals surface area contributed by atoms with Crippen LogP contribution in [0.25, 0.3) is 0 Å². The zero-order valence-corrected chi connectivity index (χ0v) is 15.4. The Bertz CT molecular complexity index is 511. The smallest absolute Gasteiger partial charge is 0.317 e. The van der Waals surface area contributed by atoms with Crippen molar-refractivity contribution in [2.75, 3.05) is 38.2 Å². The molecular weight excluding hydrogens is 318 g/mol. The fourth-order valence-corrected chi connectivity index (χ4v) is 4.77. The zero-order valence-electron chi connectivity index (χ0n) is 14.6. The number of likely N-dealkylation sites (tertiary alicyclic amines) is 1. The van der Waals surface area contributed by atoms with Gasteiger partial charge < -0.3 is 15.1 Å². The van der Waals surface area contributed by atoms with Crippen molar-refractivity contribution in [2.24, 2.45) is 0 Å². The van der Waals surface area contributed by atoms with Gasteiger partial charge in [-0.25, -0.2) is 4.79 Å². The van der Waals surface area contributed by atoms with E-state index < -0.39 is 0 Å². The molecule has 4 nitrogen and oxygen atoms in total. The van der Waals surface area contributed by atoms with Crippen molar-refractivity contribution in [3.63, 3.8) is 0 Å². The molecule has 1 N–H and O–H groups in total. The minimum absolute atomic E-state index is 0.116. The van der Waals surface area contributed by atoms with Crippen molar-refractivity contribution >= 4 is 17.8 Å². The van der Waals surface area contributed by atoms with E-state index in [1.807, 2.05) is 23.7 Å². The summed E-state index contributed by atoms with van der Waals surface area (Å²) in [6.07, 6.45) is 4.37. The van der Waals surface area contributed by atoms with E-state index in [-0.39, 0.29) is 6.03 Å². The molecule has 1 atom stereocenters. The van der Waals surface area contributed by atoms with E-state index in [2.05, 4.69) is 40.5 Å². The first-order valence-corrected chi connectivity index (χ1v) is 10.2. The van der Waals surface area contributed by atoms with Crippen LogP contribution in [0.2, 0.25) is 0 Å². The molecule has 2 heterocycles. The maximum absolute atomic E-state index is 12.4. The summed E-state index contributed by atoms with van der Waals surface area (Å²) in [5.74, 6) is 2.27.